The van der Waals surface area contributed by atoms with Crippen molar-refractivity contribution in [1.82, 2.24) is 0 Å². The van der Waals surface area contributed by atoms with Crippen LogP contribution in [0.4, 0.5) is 17.1 Å². The molecule has 4 bridgehead atoms. The Morgan fingerprint density at radius 2 is 1.10 bits per heavy atom. The van der Waals surface area contributed by atoms with E-state index < -0.39 is 0 Å². The van der Waals surface area contributed by atoms with Crippen LogP contribution in [0.2, 0.25) is 0 Å². The van der Waals surface area contributed by atoms with Crippen LogP contribution in [0.5, 0.6) is 0 Å². The lowest BCUT2D eigenvalue weighted by molar-refractivity contribution is 0.0973. The highest BCUT2D eigenvalue weighted by Gasteiger charge is 2.41. The molecule has 2 nitrogen and oxygen atoms in total. The minimum absolute atomic E-state index is 0.177. The average Bonchev–Trinajstić information content (AvgIpc) is 3.64. The molecule has 12 rings (SSSR count). The van der Waals surface area contributed by atoms with Gasteiger partial charge < -0.3 is 9.32 Å². The first-order chi connectivity index (χ1) is 25.5. The third-order valence-corrected chi connectivity index (χ3v) is 13.5. The number of hydrogen-bond acceptors (Lipinski definition) is 2. The van der Waals surface area contributed by atoms with E-state index in [0.29, 0.717) is 5.92 Å². The molecule has 1 heterocycles. The van der Waals surface area contributed by atoms with Crippen LogP contribution in [0.3, 0.4) is 0 Å². The normalized spacial score (nSPS) is 22.4. The maximum atomic E-state index is 6.88. The summed E-state index contributed by atoms with van der Waals surface area (Å²) in [5, 5.41) is 2.33. The Bertz CT molecular complexity index is 2520. The van der Waals surface area contributed by atoms with Crippen LogP contribution in [-0.2, 0) is 18.3 Å². The highest BCUT2D eigenvalue weighted by atomic mass is 16.3. The standard InChI is InChI=1S/C50H45NO/c1-50(2)43-19-7-5-14-38(43)40-17-10-21-45(48(40)50)51(46-22-11-18-41-39-15-6-8-23-47(39)52-49(41)46)44-20-9-16-37-36-13-4-3-12-35(36)29-33-25-31-24-32(26-33)28-34(27-31)30-42(37)44/h3-23,31-34H,24-30H2,1-2H3. The molecule has 256 valence electrons. The number of nitrogens with zero attached hydrogens (tertiary/aromatic N) is 1. The van der Waals surface area contributed by atoms with Gasteiger partial charge in [-0.2, -0.15) is 0 Å². The number of furan rings is 1. The molecule has 5 aliphatic carbocycles. The van der Waals surface area contributed by atoms with Crippen molar-refractivity contribution in [3.05, 3.63) is 150 Å². The second-order valence-electron chi connectivity index (χ2n) is 17.0. The SMILES string of the molecule is CC1(C)c2ccccc2-c2cccc(N(c3cccc4c3CC3CC5CC(Cc6ccccc6-4)CC(C3)C5)c3cccc4c3oc3ccccc34)c21. The van der Waals surface area contributed by atoms with Crippen molar-refractivity contribution < 1.29 is 4.42 Å². The number of fused-ring (bicyclic) bond motifs is 6. The largest absolute Gasteiger partial charge is 0.454 e. The van der Waals surface area contributed by atoms with Gasteiger partial charge in [-0.3, -0.25) is 0 Å². The van der Waals surface area contributed by atoms with E-state index in [-0.39, 0.29) is 5.41 Å². The summed E-state index contributed by atoms with van der Waals surface area (Å²) in [4.78, 5) is 2.61. The highest BCUT2D eigenvalue weighted by molar-refractivity contribution is 6.11. The molecule has 1 aromatic heterocycles. The zero-order valence-electron chi connectivity index (χ0n) is 30.2. The van der Waals surface area contributed by atoms with E-state index in [0.717, 1.165) is 46.4 Å². The van der Waals surface area contributed by atoms with Crippen molar-refractivity contribution in [3.63, 3.8) is 0 Å². The molecule has 52 heavy (non-hydrogen) atoms. The molecule has 6 aromatic carbocycles. The third kappa shape index (κ3) is 4.56. The van der Waals surface area contributed by atoms with Gasteiger partial charge in [-0.25, -0.2) is 0 Å². The minimum atomic E-state index is -0.177. The van der Waals surface area contributed by atoms with Crippen molar-refractivity contribution in [2.24, 2.45) is 23.7 Å². The molecule has 2 heteroatoms. The molecule has 0 aliphatic heterocycles. The van der Waals surface area contributed by atoms with Crippen LogP contribution in [0.15, 0.2) is 132 Å². The summed E-state index contributed by atoms with van der Waals surface area (Å²) in [5.74, 6) is 3.22. The van der Waals surface area contributed by atoms with Crippen LogP contribution in [-0.4, -0.2) is 0 Å². The first-order valence-corrected chi connectivity index (χ1v) is 19.6. The molecule has 0 radical (unpaired) electrons. The molecule has 2 atom stereocenters. The quantitative estimate of drug-likeness (QED) is 0.185. The fraction of sp³-hybridized carbons (Fsp3) is 0.280. The third-order valence-electron chi connectivity index (χ3n) is 13.5. The lowest BCUT2D eigenvalue weighted by Crippen LogP contribution is -2.32. The van der Waals surface area contributed by atoms with Crippen LogP contribution in [0.1, 0.15) is 68.2 Å². The second-order valence-corrected chi connectivity index (χ2v) is 17.0. The summed E-state index contributed by atoms with van der Waals surface area (Å²) in [6.07, 6.45) is 9.25. The van der Waals surface area contributed by atoms with E-state index in [1.165, 1.54) is 99.8 Å². The summed E-state index contributed by atoms with van der Waals surface area (Å²) in [5.41, 5.74) is 16.6. The Morgan fingerprint density at radius 1 is 0.500 bits per heavy atom. The second kappa shape index (κ2) is 11.5. The van der Waals surface area contributed by atoms with E-state index in [2.05, 4.69) is 146 Å². The maximum absolute atomic E-state index is 6.88. The van der Waals surface area contributed by atoms with E-state index >= 15 is 0 Å². The topological polar surface area (TPSA) is 16.4 Å². The van der Waals surface area contributed by atoms with Crippen LogP contribution in [0, 0.1) is 23.7 Å². The first kappa shape index (κ1) is 30.5. The van der Waals surface area contributed by atoms with E-state index in [4.69, 9.17) is 4.42 Å². The van der Waals surface area contributed by atoms with Gasteiger partial charge in [-0.1, -0.05) is 117 Å². The fourth-order valence-corrected chi connectivity index (χ4v) is 11.6. The van der Waals surface area contributed by atoms with Crippen molar-refractivity contribution in [2.45, 2.75) is 64.2 Å². The van der Waals surface area contributed by atoms with E-state index in [9.17, 15) is 0 Å². The van der Waals surface area contributed by atoms with Crippen molar-refractivity contribution in [1.29, 1.82) is 0 Å². The lowest BCUT2D eigenvalue weighted by Gasteiger charge is -2.43. The molecule has 5 aliphatic rings. The molecule has 7 aromatic rings. The summed E-state index contributed by atoms with van der Waals surface area (Å²) >= 11 is 0. The first-order valence-electron chi connectivity index (χ1n) is 19.6. The van der Waals surface area contributed by atoms with Crippen molar-refractivity contribution >= 4 is 39.0 Å². The summed E-state index contributed by atoms with van der Waals surface area (Å²) in [6.45, 7) is 4.83. The Kier molecular flexibility index (Phi) is 6.73. The van der Waals surface area contributed by atoms with Gasteiger partial charge in [0.2, 0.25) is 0 Å². The molecular formula is C50H45NO. The smallest absolute Gasteiger partial charge is 0.159 e. The lowest BCUT2D eigenvalue weighted by atomic mass is 9.63. The zero-order chi connectivity index (χ0) is 34.6. The monoisotopic (exact) mass is 675 g/mol. The van der Waals surface area contributed by atoms with Crippen molar-refractivity contribution in [3.8, 4) is 22.3 Å². The van der Waals surface area contributed by atoms with Crippen LogP contribution < -0.4 is 4.90 Å². The van der Waals surface area contributed by atoms with Gasteiger partial charge in [0.25, 0.3) is 0 Å². The molecule has 2 unspecified atom stereocenters. The molecule has 2 fully saturated rings. The van der Waals surface area contributed by atoms with E-state index in [1.807, 2.05) is 0 Å². The summed E-state index contributed by atoms with van der Waals surface area (Å²) < 4.78 is 6.88. The fourth-order valence-electron chi connectivity index (χ4n) is 11.6. The van der Waals surface area contributed by atoms with Crippen molar-refractivity contribution in [2.75, 3.05) is 4.90 Å². The number of hydrogen-bond donors (Lipinski definition) is 0. The number of para-hydroxylation sites is 2. The Balaban J connectivity index is 1.22. The molecule has 0 amide bonds. The molecular weight excluding hydrogens is 631 g/mol. The predicted molar refractivity (Wildman–Crippen MR) is 216 cm³/mol. The van der Waals surface area contributed by atoms with Gasteiger partial charge in [0.05, 0.1) is 17.1 Å². The van der Waals surface area contributed by atoms with Crippen LogP contribution in [0.25, 0.3) is 44.2 Å². The molecule has 0 saturated heterocycles. The van der Waals surface area contributed by atoms with Gasteiger partial charge in [-0.15, -0.1) is 0 Å². The number of benzene rings is 6. The van der Waals surface area contributed by atoms with Gasteiger partial charge in [-0.05, 0) is 137 Å². The Hall–Kier alpha value is -5.08. The van der Waals surface area contributed by atoms with Crippen LogP contribution >= 0.6 is 0 Å². The summed E-state index contributed by atoms with van der Waals surface area (Å²) in [7, 11) is 0. The highest BCUT2D eigenvalue weighted by Crippen LogP contribution is 2.56. The van der Waals surface area contributed by atoms with Gasteiger partial charge in [0.15, 0.2) is 5.58 Å². The molecule has 2 saturated carbocycles. The predicted octanol–water partition coefficient (Wildman–Crippen LogP) is 13.6. The van der Waals surface area contributed by atoms with Gasteiger partial charge in [0.1, 0.15) is 5.58 Å². The summed E-state index contributed by atoms with van der Waals surface area (Å²) in [6, 6.07) is 47.8. The van der Waals surface area contributed by atoms with Gasteiger partial charge in [0, 0.05) is 16.2 Å². The Labute approximate surface area is 307 Å². The molecule has 0 spiro atoms. The van der Waals surface area contributed by atoms with Gasteiger partial charge >= 0.3 is 0 Å². The maximum Gasteiger partial charge on any atom is 0.159 e. The Morgan fingerprint density at radius 3 is 1.94 bits per heavy atom. The molecule has 0 N–H and O–H groups in total. The minimum Gasteiger partial charge on any atom is -0.454 e. The number of rotatable bonds is 3. The average molecular weight is 676 g/mol. The number of anilines is 3. The zero-order valence-corrected chi connectivity index (χ0v) is 30.2. The van der Waals surface area contributed by atoms with E-state index in [1.54, 1.807) is 0 Å².